The van der Waals surface area contributed by atoms with Crippen molar-refractivity contribution in [1.29, 1.82) is 0 Å². The van der Waals surface area contributed by atoms with Crippen LogP contribution in [0, 0.1) is 5.92 Å². The van der Waals surface area contributed by atoms with Crippen LogP contribution >= 0.6 is 0 Å². The molecule has 2 atom stereocenters. The molecule has 2 unspecified atom stereocenters. The molecular weight excluding hydrogens is 294 g/mol. The molecule has 3 rings (SSSR count). The fourth-order valence-corrected chi connectivity index (χ4v) is 3.21. The SMILES string of the molecule is COc1nc(N2CCCCCC2)nc(N2CCC(C)C(O)C2)n1. The predicted molar refractivity (Wildman–Crippen MR) is 89.1 cm³/mol. The first kappa shape index (κ1) is 16.2. The molecule has 0 aliphatic carbocycles. The van der Waals surface area contributed by atoms with Gasteiger partial charge in [-0.15, -0.1) is 0 Å². The number of piperidine rings is 1. The Balaban J connectivity index is 1.83. The van der Waals surface area contributed by atoms with E-state index in [1.165, 1.54) is 25.7 Å². The fourth-order valence-electron chi connectivity index (χ4n) is 3.21. The molecular formula is C16H27N5O2. The molecule has 3 heterocycles. The van der Waals surface area contributed by atoms with Crippen molar-refractivity contribution in [3.8, 4) is 6.01 Å². The minimum Gasteiger partial charge on any atom is -0.467 e. The van der Waals surface area contributed by atoms with Crippen LogP contribution in [0.3, 0.4) is 0 Å². The van der Waals surface area contributed by atoms with Crippen molar-refractivity contribution in [2.75, 3.05) is 43.1 Å². The fraction of sp³-hybridized carbons (Fsp3) is 0.812. The van der Waals surface area contributed by atoms with Gasteiger partial charge in [-0.25, -0.2) is 0 Å². The van der Waals surface area contributed by atoms with E-state index in [1.807, 2.05) is 4.90 Å². The molecule has 2 fully saturated rings. The monoisotopic (exact) mass is 321 g/mol. The summed E-state index contributed by atoms with van der Waals surface area (Å²) in [4.78, 5) is 17.8. The van der Waals surface area contributed by atoms with Gasteiger partial charge in [-0.3, -0.25) is 0 Å². The third kappa shape index (κ3) is 3.83. The number of anilines is 2. The van der Waals surface area contributed by atoms with Crippen LogP contribution in [0.25, 0.3) is 0 Å². The molecule has 0 bridgehead atoms. The van der Waals surface area contributed by atoms with Gasteiger partial charge in [-0.05, 0) is 25.2 Å². The largest absolute Gasteiger partial charge is 0.467 e. The lowest BCUT2D eigenvalue weighted by molar-refractivity contribution is 0.102. The molecule has 0 aromatic carbocycles. The van der Waals surface area contributed by atoms with Crippen LogP contribution in [0.2, 0.25) is 0 Å². The molecule has 0 radical (unpaired) electrons. The van der Waals surface area contributed by atoms with Crippen molar-refractivity contribution in [3.05, 3.63) is 0 Å². The number of hydrogen-bond donors (Lipinski definition) is 1. The Morgan fingerprint density at radius 3 is 2.22 bits per heavy atom. The van der Waals surface area contributed by atoms with Crippen molar-refractivity contribution in [3.63, 3.8) is 0 Å². The Kier molecular flexibility index (Phi) is 5.15. The molecule has 1 N–H and O–H groups in total. The molecule has 7 heteroatoms. The normalized spacial score (nSPS) is 26.0. The van der Waals surface area contributed by atoms with E-state index < -0.39 is 0 Å². The molecule has 0 amide bonds. The summed E-state index contributed by atoms with van der Waals surface area (Å²) >= 11 is 0. The predicted octanol–water partition coefficient (Wildman–Crippen LogP) is 1.47. The van der Waals surface area contributed by atoms with Gasteiger partial charge in [0.25, 0.3) is 0 Å². The van der Waals surface area contributed by atoms with Crippen molar-refractivity contribution in [1.82, 2.24) is 15.0 Å². The molecule has 128 valence electrons. The van der Waals surface area contributed by atoms with Crippen LogP contribution < -0.4 is 14.5 Å². The molecule has 0 saturated carbocycles. The van der Waals surface area contributed by atoms with E-state index in [4.69, 9.17) is 4.74 Å². The molecule has 2 aliphatic heterocycles. The smallest absolute Gasteiger partial charge is 0.322 e. The average molecular weight is 321 g/mol. The lowest BCUT2D eigenvalue weighted by Crippen LogP contribution is -2.44. The number of rotatable bonds is 3. The van der Waals surface area contributed by atoms with E-state index in [1.54, 1.807) is 7.11 Å². The van der Waals surface area contributed by atoms with E-state index in [0.717, 1.165) is 26.1 Å². The van der Waals surface area contributed by atoms with E-state index in [9.17, 15) is 5.11 Å². The highest BCUT2D eigenvalue weighted by Gasteiger charge is 2.27. The summed E-state index contributed by atoms with van der Waals surface area (Å²) in [5.41, 5.74) is 0. The summed E-state index contributed by atoms with van der Waals surface area (Å²) in [6, 6.07) is 0.349. The standard InChI is InChI=1S/C16H27N5O2/c1-12-7-10-21(11-13(12)22)15-17-14(18-16(19-15)23-2)20-8-5-3-4-6-9-20/h12-13,22H,3-11H2,1-2H3. The molecule has 1 aromatic rings. The van der Waals surface area contributed by atoms with Crippen LogP contribution in [-0.4, -0.2) is 59.5 Å². The first-order valence-electron chi connectivity index (χ1n) is 8.65. The maximum Gasteiger partial charge on any atom is 0.322 e. The average Bonchev–Trinajstić information content (AvgIpc) is 2.86. The minimum absolute atomic E-state index is 0.320. The Labute approximate surface area is 137 Å². The number of ether oxygens (including phenoxy) is 1. The zero-order valence-corrected chi connectivity index (χ0v) is 14.1. The number of β-amino-alcohol motifs (C(OH)–C–C–N with tert-alkyl or cyclic N) is 1. The second kappa shape index (κ2) is 7.29. The minimum atomic E-state index is -0.340. The van der Waals surface area contributed by atoms with Gasteiger partial charge in [0, 0.05) is 26.2 Å². The Morgan fingerprint density at radius 1 is 0.957 bits per heavy atom. The second-order valence-electron chi connectivity index (χ2n) is 6.60. The maximum atomic E-state index is 10.1. The molecule has 7 nitrogen and oxygen atoms in total. The highest BCUT2D eigenvalue weighted by molar-refractivity contribution is 5.41. The lowest BCUT2D eigenvalue weighted by Gasteiger charge is -2.34. The Morgan fingerprint density at radius 2 is 1.61 bits per heavy atom. The molecule has 2 saturated heterocycles. The summed E-state index contributed by atoms with van der Waals surface area (Å²) in [6.07, 6.45) is 5.47. The molecule has 23 heavy (non-hydrogen) atoms. The first-order chi connectivity index (χ1) is 11.2. The summed E-state index contributed by atoms with van der Waals surface area (Å²) < 4.78 is 5.28. The first-order valence-corrected chi connectivity index (χ1v) is 8.65. The van der Waals surface area contributed by atoms with Crippen molar-refractivity contribution in [2.45, 2.75) is 45.1 Å². The number of aliphatic hydroxyl groups excluding tert-OH is 1. The van der Waals surface area contributed by atoms with Gasteiger partial charge < -0.3 is 19.6 Å². The van der Waals surface area contributed by atoms with Crippen LogP contribution in [0.15, 0.2) is 0 Å². The number of nitrogens with zero attached hydrogens (tertiary/aromatic N) is 5. The van der Waals surface area contributed by atoms with Crippen LogP contribution in [0.5, 0.6) is 6.01 Å². The zero-order chi connectivity index (χ0) is 16.2. The third-order valence-electron chi connectivity index (χ3n) is 4.86. The highest BCUT2D eigenvalue weighted by atomic mass is 16.5. The van der Waals surface area contributed by atoms with Gasteiger partial charge in [-0.1, -0.05) is 19.8 Å². The summed E-state index contributed by atoms with van der Waals surface area (Å²) in [6.45, 7) is 5.45. The van der Waals surface area contributed by atoms with Gasteiger partial charge in [0.15, 0.2) is 0 Å². The highest BCUT2D eigenvalue weighted by Crippen LogP contribution is 2.24. The van der Waals surface area contributed by atoms with Gasteiger partial charge in [0.05, 0.1) is 13.2 Å². The van der Waals surface area contributed by atoms with Crippen molar-refractivity contribution < 1.29 is 9.84 Å². The van der Waals surface area contributed by atoms with E-state index in [2.05, 4.69) is 26.8 Å². The molecule has 2 aliphatic rings. The Bertz CT molecular complexity index is 519. The number of aromatic nitrogens is 3. The summed E-state index contributed by atoms with van der Waals surface area (Å²) in [7, 11) is 1.58. The summed E-state index contributed by atoms with van der Waals surface area (Å²) in [5, 5.41) is 10.1. The van der Waals surface area contributed by atoms with E-state index >= 15 is 0 Å². The van der Waals surface area contributed by atoms with Crippen LogP contribution in [0.4, 0.5) is 11.9 Å². The van der Waals surface area contributed by atoms with E-state index in [-0.39, 0.29) is 6.10 Å². The van der Waals surface area contributed by atoms with E-state index in [0.29, 0.717) is 30.4 Å². The molecule has 0 spiro atoms. The van der Waals surface area contributed by atoms with Crippen molar-refractivity contribution in [2.24, 2.45) is 5.92 Å². The van der Waals surface area contributed by atoms with Gasteiger partial charge in [-0.2, -0.15) is 15.0 Å². The Hall–Kier alpha value is -1.63. The van der Waals surface area contributed by atoms with Crippen molar-refractivity contribution >= 4 is 11.9 Å². The van der Waals surface area contributed by atoms with Crippen LogP contribution in [0.1, 0.15) is 39.0 Å². The molecule has 1 aromatic heterocycles. The number of aliphatic hydroxyl groups is 1. The lowest BCUT2D eigenvalue weighted by atomic mass is 9.96. The maximum absolute atomic E-state index is 10.1. The number of methoxy groups -OCH3 is 1. The second-order valence-corrected chi connectivity index (χ2v) is 6.60. The topological polar surface area (TPSA) is 74.6 Å². The quantitative estimate of drug-likeness (QED) is 0.903. The van der Waals surface area contributed by atoms with Gasteiger partial charge >= 0.3 is 6.01 Å². The van der Waals surface area contributed by atoms with Crippen LogP contribution in [-0.2, 0) is 0 Å². The van der Waals surface area contributed by atoms with Gasteiger partial charge in [0.2, 0.25) is 11.9 Å². The summed E-state index contributed by atoms with van der Waals surface area (Å²) in [5.74, 6) is 1.63. The third-order valence-corrected chi connectivity index (χ3v) is 4.86. The number of hydrogen-bond acceptors (Lipinski definition) is 7. The van der Waals surface area contributed by atoms with Gasteiger partial charge in [0.1, 0.15) is 0 Å². The zero-order valence-electron chi connectivity index (χ0n) is 14.1.